The number of amides is 5. The number of hydrogen-bond acceptors (Lipinski definition) is 9. The quantitative estimate of drug-likeness (QED) is 0.304. The molecule has 1 unspecified atom stereocenters. The van der Waals surface area contributed by atoms with Crippen LogP contribution in [0.5, 0.6) is 0 Å². The van der Waals surface area contributed by atoms with E-state index in [9.17, 15) is 36.8 Å². The number of halogens is 1. The number of nitrogens with one attached hydrogen (secondary N) is 4. The van der Waals surface area contributed by atoms with Crippen molar-refractivity contribution in [3.8, 4) is 0 Å². The molecule has 14 nitrogen and oxygen atoms in total. The van der Waals surface area contributed by atoms with E-state index in [0.717, 1.165) is 12.8 Å². The molecule has 2 aliphatic carbocycles. The molecule has 5 rings (SSSR count). The first-order valence-corrected chi connectivity index (χ1v) is 19.1. The third kappa shape index (κ3) is 9.77. The predicted molar refractivity (Wildman–Crippen MR) is 183 cm³/mol. The fourth-order valence-corrected chi connectivity index (χ4v) is 7.86. The first kappa shape index (κ1) is 38.0. The van der Waals surface area contributed by atoms with Crippen molar-refractivity contribution >= 4 is 39.9 Å². The van der Waals surface area contributed by atoms with Crippen molar-refractivity contribution < 1.29 is 46.3 Å². The summed E-state index contributed by atoms with van der Waals surface area (Å²) in [7, 11) is -3.92. The van der Waals surface area contributed by atoms with Gasteiger partial charge in [0.2, 0.25) is 21.8 Å². The van der Waals surface area contributed by atoms with Crippen LogP contribution in [0.4, 0.5) is 14.0 Å². The first-order valence-electron chi connectivity index (χ1n) is 17.5. The van der Waals surface area contributed by atoms with Gasteiger partial charge in [0.25, 0.3) is 5.91 Å². The maximum atomic E-state index is 14.2. The molecule has 0 spiro atoms. The molecule has 1 saturated heterocycles. The molecule has 0 radical (unpaired) electrons. The van der Waals surface area contributed by atoms with Gasteiger partial charge in [-0.25, -0.2) is 22.4 Å². The van der Waals surface area contributed by atoms with E-state index < -0.39 is 92.3 Å². The molecule has 1 aromatic carbocycles. The lowest BCUT2D eigenvalue weighted by Gasteiger charge is -2.30. The van der Waals surface area contributed by atoms with Gasteiger partial charge in [0.15, 0.2) is 0 Å². The Hall–Kier alpha value is -4.21. The Morgan fingerprint density at radius 3 is 2.41 bits per heavy atom. The molecular weight excluding hydrogens is 685 g/mol. The minimum Gasteiger partial charge on any atom is -0.444 e. The van der Waals surface area contributed by atoms with Crippen molar-refractivity contribution in [2.75, 3.05) is 6.54 Å². The van der Waals surface area contributed by atoms with Gasteiger partial charge in [-0.2, -0.15) is 0 Å². The largest absolute Gasteiger partial charge is 0.444 e. The third-order valence-electron chi connectivity index (χ3n) is 9.51. The van der Waals surface area contributed by atoms with Crippen molar-refractivity contribution in [2.45, 2.75) is 126 Å². The normalized spacial score (nSPS) is 28.4. The van der Waals surface area contributed by atoms with Crippen LogP contribution < -0.4 is 20.7 Å². The summed E-state index contributed by atoms with van der Waals surface area (Å²) < 4.78 is 52.1. The molecule has 2 saturated carbocycles. The number of alkyl carbamates (subject to hydrolysis) is 2. The molecule has 5 amide bonds. The average molecular weight is 734 g/mol. The number of allylic oxidation sites excluding steroid dienone is 1. The van der Waals surface area contributed by atoms with Crippen LogP contribution in [0, 0.1) is 11.7 Å². The molecule has 1 aromatic rings. The molecule has 16 heteroatoms. The van der Waals surface area contributed by atoms with Crippen molar-refractivity contribution in [1.29, 1.82) is 0 Å². The summed E-state index contributed by atoms with van der Waals surface area (Å²) in [5, 5.41) is 7.45. The Kier molecular flexibility index (Phi) is 11.3. The molecule has 6 atom stereocenters. The number of benzene rings is 1. The topological polar surface area (TPSA) is 189 Å². The summed E-state index contributed by atoms with van der Waals surface area (Å²) in [5.41, 5.74) is -1.77. The number of fused-ring (bicyclic) bond motifs is 2. The number of rotatable bonds is 7. The second-order valence-corrected chi connectivity index (χ2v) is 16.9. The van der Waals surface area contributed by atoms with Crippen LogP contribution in [0.3, 0.4) is 0 Å². The third-order valence-corrected chi connectivity index (χ3v) is 11.3. The van der Waals surface area contributed by atoms with E-state index in [1.807, 2.05) is 12.2 Å². The Bertz CT molecular complexity index is 1640. The summed E-state index contributed by atoms with van der Waals surface area (Å²) in [4.78, 5) is 69.0. The van der Waals surface area contributed by atoms with Crippen LogP contribution in [0.25, 0.3) is 0 Å². The Balaban J connectivity index is 1.39. The van der Waals surface area contributed by atoms with Gasteiger partial charge in [0, 0.05) is 12.3 Å². The second-order valence-electron chi connectivity index (χ2n) is 14.9. The first-order chi connectivity index (χ1) is 24.0. The molecule has 4 N–H and O–H groups in total. The van der Waals surface area contributed by atoms with Crippen LogP contribution in [-0.2, 0) is 33.9 Å². The SMILES string of the molecule is C[C@@H](NC(=O)O[C@@H]1CC2C(=O)N[C@]3(C(=O)NS(=O)(=O)C4CC4)C[C@H]3/C=C\CCCCC[C@H](NC(=O)OC(C)(C)C)C(=O)N2C1)c1ccc(F)cc1. The standard InChI is InChI=1S/C35H48FN5O9S/c1-21(22-12-14-24(36)15-13-22)37-32(45)49-25-18-28-29(42)39-35(31(44)40-51(47,48)26-16-17-26)19-23(35)10-8-6-5-7-9-11-27(30(43)41(28)20-25)38-33(46)50-34(2,3)4/h8,10,12-15,21,23,25-28H,5-7,9,11,16-20H2,1-4H3,(H,37,45)(H,38,46)(H,39,42)(H,40,44)/b10-8-/t21-,23-,25-,27+,28?,35-/m1/s1. The predicted octanol–water partition coefficient (Wildman–Crippen LogP) is 3.48. The molecule has 280 valence electrons. The van der Waals surface area contributed by atoms with Gasteiger partial charge in [-0.15, -0.1) is 0 Å². The van der Waals surface area contributed by atoms with E-state index in [1.54, 1.807) is 27.7 Å². The van der Waals surface area contributed by atoms with Gasteiger partial charge in [0.1, 0.15) is 35.1 Å². The maximum absolute atomic E-state index is 14.2. The van der Waals surface area contributed by atoms with Gasteiger partial charge in [-0.1, -0.05) is 37.1 Å². The zero-order valence-corrected chi connectivity index (χ0v) is 30.2. The van der Waals surface area contributed by atoms with Crippen LogP contribution in [0.15, 0.2) is 36.4 Å². The average Bonchev–Trinajstić information content (AvgIpc) is 3.96. The Morgan fingerprint density at radius 1 is 1.04 bits per heavy atom. The van der Waals surface area contributed by atoms with Crippen LogP contribution in [0.2, 0.25) is 0 Å². The zero-order chi connectivity index (χ0) is 37.1. The van der Waals surface area contributed by atoms with E-state index in [4.69, 9.17) is 9.47 Å². The van der Waals surface area contributed by atoms with Crippen LogP contribution >= 0.6 is 0 Å². The molecule has 2 aliphatic heterocycles. The van der Waals surface area contributed by atoms with E-state index in [-0.39, 0.29) is 25.8 Å². The number of hydrogen-bond donors (Lipinski definition) is 4. The summed E-state index contributed by atoms with van der Waals surface area (Å²) in [6.45, 7) is 6.56. The highest BCUT2D eigenvalue weighted by Crippen LogP contribution is 2.46. The van der Waals surface area contributed by atoms with Gasteiger partial charge >= 0.3 is 12.2 Å². The minimum absolute atomic E-state index is 0.131. The molecular formula is C35H48FN5O9S. The van der Waals surface area contributed by atoms with Crippen molar-refractivity contribution in [3.63, 3.8) is 0 Å². The van der Waals surface area contributed by atoms with Crippen LogP contribution in [-0.4, -0.2) is 84.3 Å². The fraction of sp³-hybridized carbons (Fsp3) is 0.629. The summed E-state index contributed by atoms with van der Waals surface area (Å²) in [5.74, 6) is -3.07. The Labute approximate surface area is 297 Å². The highest BCUT2D eigenvalue weighted by molar-refractivity contribution is 7.91. The van der Waals surface area contributed by atoms with E-state index in [1.165, 1.54) is 29.2 Å². The van der Waals surface area contributed by atoms with E-state index in [0.29, 0.717) is 31.2 Å². The number of nitrogens with zero attached hydrogens (tertiary/aromatic N) is 1. The summed E-state index contributed by atoms with van der Waals surface area (Å²) in [6, 6.07) is 2.72. The molecule has 0 bridgehead atoms. The lowest BCUT2D eigenvalue weighted by atomic mass is 10.0. The van der Waals surface area contributed by atoms with Gasteiger partial charge in [-0.05, 0) is 83.9 Å². The highest BCUT2D eigenvalue weighted by atomic mass is 32.2. The summed E-state index contributed by atoms with van der Waals surface area (Å²) in [6.07, 6.45) is 5.00. The van der Waals surface area contributed by atoms with Crippen molar-refractivity contribution in [2.24, 2.45) is 5.92 Å². The number of ether oxygens (including phenoxy) is 2. The molecule has 2 heterocycles. The Morgan fingerprint density at radius 2 is 1.75 bits per heavy atom. The van der Waals surface area contributed by atoms with Gasteiger partial charge in [-0.3, -0.25) is 19.1 Å². The molecule has 3 fully saturated rings. The van der Waals surface area contributed by atoms with Crippen LogP contribution in [0.1, 0.15) is 97.1 Å². The van der Waals surface area contributed by atoms with E-state index >= 15 is 0 Å². The van der Waals surface area contributed by atoms with Crippen molar-refractivity contribution in [3.05, 3.63) is 47.8 Å². The van der Waals surface area contributed by atoms with Crippen molar-refractivity contribution in [1.82, 2.24) is 25.6 Å². The van der Waals surface area contributed by atoms with E-state index in [2.05, 4.69) is 20.7 Å². The van der Waals surface area contributed by atoms with Gasteiger partial charge < -0.3 is 30.3 Å². The lowest BCUT2D eigenvalue weighted by molar-refractivity contribution is -0.141. The monoisotopic (exact) mass is 733 g/mol. The lowest BCUT2D eigenvalue weighted by Crippen LogP contribution is -2.58. The van der Waals surface area contributed by atoms with Gasteiger partial charge in [0.05, 0.1) is 17.8 Å². The fourth-order valence-electron chi connectivity index (χ4n) is 6.49. The number of carbonyl (C=O) groups excluding carboxylic acids is 5. The molecule has 51 heavy (non-hydrogen) atoms. The molecule has 0 aromatic heterocycles. The zero-order valence-electron chi connectivity index (χ0n) is 29.4. The number of sulfonamides is 1. The smallest absolute Gasteiger partial charge is 0.408 e. The minimum atomic E-state index is -3.92. The molecule has 4 aliphatic rings. The number of carbonyl (C=O) groups is 5. The maximum Gasteiger partial charge on any atom is 0.408 e. The second kappa shape index (κ2) is 15.2. The summed E-state index contributed by atoms with van der Waals surface area (Å²) >= 11 is 0. The highest BCUT2D eigenvalue weighted by Gasteiger charge is 2.62.